The highest BCUT2D eigenvalue weighted by atomic mass is 16.6. The van der Waals surface area contributed by atoms with Crippen molar-refractivity contribution in [3.8, 4) is 0 Å². The molecule has 1 aromatic heterocycles. The number of imidazole rings is 1. The van der Waals surface area contributed by atoms with E-state index in [-0.39, 0.29) is 23.4 Å². The molecule has 5 nitrogen and oxygen atoms in total. The van der Waals surface area contributed by atoms with Crippen molar-refractivity contribution in [1.82, 2.24) is 15.3 Å². The molecule has 1 aliphatic heterocycles. The number of aromatic amines is 1. The molecule has 136 valence electrons. The third kappa shape index (κ3) is 3.14. The second kappa shape index (κ2) is 6.60. The Hall–Kier alpha value is -1.62. The van der Waals surface area contributed by atoms with Crippen LogP contribution in [0.4, 0.5) is 0 Å². The molecule has 1 aromatic rings. The monoisotopic (exact) mass is 343 g/mol. The van der Waals surface area contributed by atoms with Crippen LogP contribution < -0.4 is 5.32 Å². The lowest BCUT2D eigenvalue weighted by molar-refractivity contribution is -0.146. The van der Waals surface area contributed by atoms with Crippen LogP contribution in [-0.2, 0) is 16.0 Å². The van der Waals surface area contributed by atoms with Gasteiger partial charge in [-0.2, -0.15) is 0 Å². The highest BCUT2D eigenvalue weighted by molar-refractivity contribution is 5.75. The lowest BCUT2D eigenvalue weighted by atomic mass is 9.55. The Morgan fingerprint density at radius 3 is 3.20 bits per heavy atom. The van der Waals surface area contributed by atoms with E-state index in [9.17, 15) is 4.79 Å². The number of esters is 1. The van der Waals surface area contributed by atoms with Crippen molar-refractivity contribution in [1.29, 1.82) is 0 Å². The first-order valence-corrected chi connectivity index (χ1v) is 9.63. The van der Waals surface area contributed by atoms with Crippen LogP contribution in [0.15, 0.2) is 24.7 Å². The van der Waals surface area contributed by atoms with E-state index in [2.05, 4.69) is 28.8 Å². The van der Waals surface area contributed by atoms with Gasteiger partial charge in [0.15, 0.2) is 0 Å². The van der Waals surface area contributed by atoms with E-state index in [1.54, 1.807) is 6.33 Å². The fourth-order valence-corrected chi connectivity index (χ4v) is 5.39. The molecular weight excluding hydrogens is 314 g/mol. The predicted molar refractivity (Wildman–Crippen MR) is 95.8 cm³/mol. The van der Waals surface area contributed by atoms with Gasteiger partial charge in [-0.25, -0.2) is 4.98 Å². The van der Waals surface area contributed by atoms with Gasteiger partial charge in [-0.3, -0.25) is 4.79 Å². The van der Waals surface area contributed by atoms with Crippen LogP contribution >= 0.6 is 0 Å². The number of carbonyl (C=O) groups excluding carboxylic acids is 1. The Kier molecular flexibility index (Phi) is 4.44. The number of nitrogens with one attached hydrogen (secondary N) is 2. The Labute approximate surface area is 149 Å². The molecular formula is C20H29N3O2. The number of carbonyl (C=O) groups is 1. The van der Waals surface area contributed by atoms with Crippen molar-refractivity contribution in [2.75, 3.05) is 13.1 Å². The molecule has 2 heterocycles. The lowest BCUT2D eigenvalue weighted by Gasteiger charge is -2.50. The quantitative estimate of drug-likeness (QED) is 0.490. The van der Waals surface area contributed by atoms with Crippen LogP contribution in [0.25, 0.3) is 0 Å². The van der Waals surface area contributed by atoms with Gasteiger partial charge in [0.25, 0.3) is 0 Å². The second-order valence-electron chi connectivity index (χ2n) is 8.43. The molecule has 5 heteroatoms. The molecule has 0 aromatic carbocycles. The number of rotatable bonds is 5. The number of hydrogen-bond donors (Lipinski definition) is 2. The fraction of sp³-hybridized carbons (Fsp3) is 0.700. The first kappa shape index (κ1) is 16.8. The van der Waals surface area contributed by atoms with E-state index in [1.165, 1.54) is 18.4 Å². The number of fused-ring (bicyclic) bond motifs is 2. The minimum absolute atomic E-state index is 0.00287. The molecule has 25 heavy (non-hydrogen) atoms. The van der Waals surface area contributed by atoms with E-state index < -0.39 is 0 Å². The van der Waals surface area contributed by atoms with Gasteiger partial charge in [-0.1, -0.05) is 19.1 Å². The smallest absolute Gasteiger partial charge is 0.310 e. The van der Waals surface area contributed by atoms with Crippen molar-refractivity contribution in [2.24, 2.45) is 23.2 Å². The van der Waals surface area contributed by atoms with Gasteiger partial charge in [0.05, 0.1) is 12.2 Å². The van der Waals surface area contributed by atoms with Crippen molar-refractivity contribution in [2.45, 2.75) is 51.6 Å². The minimum atomic E-state index is -0.00829. The van der Waals surface area contributed by atoms with Crippen LogP contribution in [0.2, 0.25) is 0 Å². The average molecular weight is 343 g/mol. The summed E-state index contributed by atoms with van der Waals surface area (Å²) in [7, 11) is 0. The van der Waals surface area contributed by atoms with Gasteiger partial charge in [0.1, 0.15) is 6.10 Å². The lowest BCUT2D eigenvalue weighted by Crippen LogP contribution is -2.45. The maximum atomic E-state index is 12.5. The first-order valence-electron chi connectivity index (χ1n) is 9.63. The second-order valence-corrected chi connectivity index (χ2v) is 8.43. The van der Waals surface area contributed by atoms with Crippen molar-refractivity contribution in [3.05, 3.63) is 30.4 Å². The van der Waals surface area contributed by atoms with Gasteiger partial charge in [-0.05, 0) is 43.4 Å². The fourth-order valence-electron chi connectivity index (χ4n) is 5.39. The molecule has 0 spiro atoms. The van der Waals surface area contributed by atoms with Crippen molar-refractivity contribution < 1.29 is 9.53 Å². The Morgan fingerprint density at radius 1 is 1.52 bits per heavy atom. The SMILES string of the molecule is C=C1CCC[C@@]2(C)C[C@H]3OC(=O)[C@@H](CNCCc4cnc[nH]4)[C@@H]3C[C@H]12. The molecule has 0 radical (unpaired) electrons. The molecule has 1 saturated heterocycles. The van der Waals surface area contributed by atoms with Gasteiger partial charge >= 0.3 is 5.97 Å². The first-order chi connectivity index (χ1) is 12.1. The minimum Gasteiger partial charge on any atom is -0.462 e. The van der Waals surface area contributed by atoms with Crippen molar-refractivity contribution in [3.63, 3.8) is 0 Å². The topological polar surface area (TPSA) is 67.0 Å². The Balaban J connectivity index is 1.37. The van der Waals surface area contributed by atoms with Crippen LogP contribution in [-0.4, -0.2) is 35.1 Å². The zero-order valence-corrected chi connectivity index (χ0v) is 15.1. The van der Waals surface area contributed by atoms with Crippen LogP contribution in [0, 0.1) is 23.2 Å². The zero-order valence-electron chi connectivity index (χ0n) is 15.1. The molecule has 2 aliphatic carbocycles. The maximum absolute atomic E-state index is 12.5. The van der Waals surface area contributed by atoms with Gasteiger partial charge in [0.2, 0.25) is 0 Å². The molecule has 2 saturated carbocycles. The van der Waals surface area contributed by atoms with Crippen LogP contribution in [0.5, 0.6) is 0 Å². The zero-order chi connectivity index (χ0) is 17.4. The van der Waals surface area contributed by atoms with Gasteiger partial charge in [-0.15, -0.1) is 0 Å². The summed E-state index contributed by atoms with van der Waals surface area (Å²) >= 11 is 0. The highest BCUT2D eigenvalue weighted by Crippen LogP contribution is 2.56. The highest BCUT2D eigenvalue weighted by Gasteiger charge is 2.54. The number of H-pyrrole nitrogens is 1. The molecule has 4 rings (SSSR count). The average Bonchev–Trinajstić information content (AvgIpc) is 3.17. The van der Waals surface area contributed by atoms with E-state index in [1.807, 2.05) is 6.20 Å². The third-order valence-electron chi connectivity index (χ3n) is 6.81. The molecule has 3 fully saturated rings. The summed E-state index contributed by atoms with van der Waals surface area (Å²) in [5, 5.41) is 3.45. The van der Waals surface area contributed by atoms with Gasteiger partial charge < -0.3 is 15.0 Å². The number of ether oxygens (including phenoxy) is 1. The number of nitrogens with zero attached hydrogens (tertiary/aromatic N) is 1. The molecule has 0 unspecified atom stereocenters. The van der Waals surface area contributed by atoms with E-state index >= 15 is 0 Å². The molecule has 0 amide bonds. The summed E-state index contributed by atoms with van der Waals surface area (Å²) in [6, 6.07) is 0. The van der Waals surface area contributed by atoms with Gasteiger partial charge in [0, 0.05) is 37.3 Å². The predicted octanol–water partition coefficient (Wildman–Crippen LogP) is 2.86. The molecule has 5 atom stereocenters. The number of allylic oxidation sites excluding steroid dienone is 1. The van der Waals surface area contributed by atoms with Crippen LogP contribution in [0.1, 0.15) is 44.7 Å². The Morgan fingerprint density at radius 2 is 2.40 bits per heavy atom. The molecule has 2 N–H and O–H groups in total. The number of aromatic nitrogens is 2. The molecule has 0 bridgehead atoms. The largest absolute Gasteiger partial charge is 0.462 e. The van der Waals surface area contributed by atoms with E-state index in [0.717, 1.165) is 37.9 Å². The maximum Gasteiger partial charge on any atom is 0.310 e. The van der Waals surface area contributed by atoms with E-state index in [4.69, 9.17) is 4.74 Å². The third-order valence-corrected chi connectivity index (χ3v) is 6.81. The Bertz CT molecular complexity index is 641. The standard InChI is InChI=1S/C20H29N3O2/c1-13-4-3-6-20(2)9-18-15(8-17(13)20)16(19(24)25-18)11-21-7-5-14-10-22-12-23-14/h10,12,15-18,21H,1,3-9,11H2,2H3,(H,22,23)/t15-,16-,17+,18+,20-/m0/s1. The number of hydrogen-bond acceptors (Lipinski definition) is 4. The van der Waals surface area contributed by atoms with Crippen LogP contribution in [0.3, 0.4) is 0 Å². The summed E-state index contributed by atoms with van der Waals surface area (Å²) in [6.45, 7) is 8.29. The normalized spacial score (nSPS) is 37.5. The van der Waals surface area contributed by atoms with E-state index in [0.29, 0.717) is 18.4 Å². The summed E-state index contributed by atoms with van der Waals surface area (Å²) in [5.74, 6) is 0.896. The summed E-state index contributed by atoms with van der Waals surface area (Å²) in [4.78, 5) is 19.6. The summed E-state index contributed by atoms with van der Waals surface area (Å²) < 4.78 is 5.81. The summed E-state index contributed by atoms with van der Waals surface area (Å²) in [6.07, 6.45) is 10.3. The van der Waals surface area contributed by atoms with Crippen molar-refractivity contribution >= 4 is 5.97 Å². The summed E-state index contributed by atoms with van der Waals surface area (Å²) in [5.41, 5.74) is 2.79. The molecule has 3 aliphatic rings.